The molecule has 2 heterocycles. The molecule has 1 aliphatic carbocycles. The second kappa shape index (κ2) is 8.68. The van der Waals surface area contributed by atoms with Crippen LogP contribution in [0.3, 0.4) is 0 Å². The number of nitrogens with one attached hydrogen (secondary N) is 2. The molecule has 0 radical (unpaired) electrons. The van der Waals surface area contributed by atoms with Gasteiger partial charge in [0.25, 0.3) is 0 Å². The number of tetrazole rings is 1. The standard InChI is InChI=1S/C25H31N7O/c1-2-3-16-25(26)29-24(14-6-7-15-24)23(33)32(25)17-18-10-12-19(13-11-18)20-8-4-5-9-21(20)22-27-30-31-28-22/h4-5,8-13,29H,2-3,6-7,14-17,26H2,1H3,(H,27,28,30,31). The van der Waals surface area contributed by atoms with Gasteiger partial charge in [-0.3, -0.25) is 15.8 Å². The van der Waals surface area contributed by atoms with Gasteiger partial charge in [-0.2, -0.15) is 5.21 Å². The number of aromatic amines is 1. The van der Waals surface area contributed by atoms with Crippen LogP contribution in [0.2, 0.25) is 0 Å². The molecule has 1 unspecified atom stereocenters. The van der Waals surface area contributed by atoms with E-state index >= 15 is 0 Å². The highest BCUT2D eigenvalue weighted by atomic mass is 16.2. The van der Waals surface area contributed by atoms with Gasteiger partial charge in [-0.05, 0) is 47.6 Å². The van der Waals surface area contributed by atoms with Crippen LogP contribution >= 0.6 is 0 Å². The lowest BCUT2D eigenvalue weighted by Crippen LogP contribution is -2.61. The molecule has 5 rings (SSSR count). The van der Waals surface area contributed by atoms with E-state index in [2.05, 4.69) is 57.1 Å². The topological polar surface area (TPSA) is 113 Å². The SMILES string of the molecule is CCCCC1(N)NC2(CCCC2)C(=O)N1Cc1ccc(-c2ccccc2-c2nn[nH]n2)cc1. The molecular formula is C25H31N7O. The fourth-order valence-electron chi connectivity index (χ4n) is 5.33. The molecule has 2 fully saturated rings. The van der Waals surface area contributed by atoms with Gasteiger partial charge in [-0.1, -0.05) is 74.7 Å². The molecule has 1 aliphatic heterocycles. The summed E-state index contributed by atoms with van der Waals surface area (Å²) >= 11 is 0. The first kappa shape index (κ1) is 21.7. The number of nitrogens with two attached hydrogens (primary N) is 1. The lowest BCUT2D eigenvalue weighted by molar-refractivity contribution is -0.135. The van der Waals surface area contributed by atoms with Crippen LogP contribution in [0.1, 0.15) is 57.4 Å². The van der Waals surface area contributed by atoms with Crippen molar-refractivity contribution in [2.75, 3.05) is 0 Å². The van der Waals surface area contributed by atoms with Crippen molar-refractivity contribution >= 4 is 5.91 Å². The summed E-state index contributed by atoms with van der Waals surface area (Å²) < 4.78 is 0. The number of rotatable bonds is 7. The number of nitrogens with zero attached hydrogens (tertiary/aromatic N) is 4. The minimum Gasteiger partial charge on any atom is -0.306 e. The molecule has 1 saturated carbocycles. The van der Waals surface area contributed by atoms with Crippen molar-refractivity contribution in [2.24, 2.45) is 5.73 Å². The van der Waals surface area contributed by atoms with Gasteiger partial charge in [0.15, 0.2) is 0 Å². The summed E-state index contributed by atoms with van der Waals surface area (Å²) in [5.41, 5.74) is 10.4. The Kier molecular flexibility index (Phi) is 5.72. The average molecular weight is 446 g/mol. The van der Waals surface area contributed by atoms with Crippen molar-refractivity contribution in [2.45, 2.75) is 69.7 Å². The molecule has 1 amide bonds. The fourth-order valence-corrected chi connectivity index (χ4v) is 5.33. The highest BCUT2D eigenvalue weighted by molar-refractivity contribution is 5.90. The van der Waals surface area contributed by atoms with E-state index in [-0.39, 0.29) is 5.91 Å². The molecule has 8 nitrogen and oxygen atoms in total. The summed E-state index contributed by atoms with van der Waals surface area (Å²) in [6, 6.07) is 16.3. The molecule has 2 aromatic carbocycles. The van der Waals surface area contributed by atoms with Crippen molar-refractivity contribution in [3.05, 3.63) is 54.1 Å². The fraction of sp³-hybridized carbons (Fsp3) is 0.440. The first-order valence-electron chi connectivity index (χ1n) is 11.9. The number of carbonyl (C=O) groups is 1. The van der Waals surface area contributed by atoms with E-state index in [1.54, 1.807) is 0 Å². The number of hydrogen-bond donors (Lipinski definition) is 3. The smallest absolute Gasteiger partial charge is 0.245 e. The van der Waals surface area contributed by atoms with Gasteiger partial charge in [-0.25, -0.2) is 0 Å². The quantitative estimate of drug-likeness (QED) is 0.512. The number of hydrogen-bond acceptors (Lipinski definition) is 6. The van der Waals surface area contributed by atoms with Crippen LogP contribution in [-0.4, -0.2) is 42.8 Å². The number of aromatic nitrogens is 4. The Morgan fingerprint density at radius 2 is 1.79 bits per heavy atom. The molecular weight excluding hydrogens is 414 g/mol. The second-order valence-electron chi connectivity index (χ2n) is 9.31. The zero-order valence-corrected chi connectivity index (χ0v) is 19.1. The van der Waals surface area contributed by atoms with Gasteiger partial charge < -0.3 is 4.90 Å². The summed E-state index contributed by atoms with van der Waals surface area (Å²) in [4.78, 5) is 15.4. The van der Waals surface area contributed by atoms with Gasteiger partial charge in [0, 0.05) is 12.1 Å². The normalized spacial score (nSPS) is 21.9. The van der Waals surface area contributed by atoms with Crippen LogP contribution in [0.15, 0.2) is 48.5 Å². The number of H-pyrrole nitrogens is 1. The first-order chi connectivity index (χ1) is 16.0. The van der Waals surface area contributed by atoms with E-state index in [0.29, 0.717) is 12.4 Å². The van der Waals surface area contributed by atoms with E-state index in [4.69, 9.17) is 5.73 Å². The second-order valence-corrected chi connectivity index (χ2v) is 9.31. The van der Waals surface area contributed by atoms with Crippen LogP contribution in [0.25, 0.3) is 22.5 Å². The molecule has 3 aromatic rings. The van der Waals surface area contributed by atoms with Crippen LogP contribution in [0.5, 0.6) is 0 Å². The molecule has 1 aromatic heterocycles. The average Bonchev–Trinajstić information content (AvgIpc) is 3.57. The van der Waals surface area contributed by atoms with E-state index in [0.717, 1.165) is 67.2 Å². The maximum atomic E-state index is 13.5. The number of benzene rings is 2. The Morgan fingerprint density at radius 1 is 1.06 bits per heavy atom. The van der Waals surface area contributed by atoms with Gasteiger partial charge in [0.2, 0.25) is 11.7 Å². The molecule has 1 atom stereocenters. The predicted octanol–water partition coefficient (Wildman–Crippen LogP) is 3.58. The monoisotopic (exact) mass is 445 g/mol. The number of unbranched alkanes of at least 4 members (excludes halogenated alkanes) is 1. The summed E-state index contributed by atoms with van der Waals surface area (Å²) in [5.74, 6) is -0.0688. The molecule has 1 spiro atoms. The maximum absolute atomic E-state index is 13.5. The summed E-state index contributed by atoms with van der Waals surface area (Å²) in [7, 11) is 0. The third kappa shape index (κ3) is 3.94. The van der Waals surface area contributed by atoms with Crippen LogP contribution in [0.4, 0.5) is 0 Å². The van der Waals surface area contributed by atoms with Gasteiger partial charge in [0.05, 0.1) is 0 Å². The van der Waals surface area contributed by atoms with Crippen molar-refractivity contribution in [1.82, 2.24) is 30.8 Å². The minimum atomic E-state index is -0.790. The number of amides is 1. The van der Waals surface area contributed by atoms with Gasteiger partial charge in [-0.15, -0.1) is 10.2 Å². The highest BCUT2D eigenvalue weighted by Crippen LogP contribution is 2.40. The number of carbonyl (C=O) groups excluding carboxylic acids is 1. The molecule has 0 bridgehead atoms. The third-order valence-electron chi connectivity index (χ3n) is 7.08. The first-order valence-corrected chi connectivity index (χ1v) is 11.9. The Labute approximate surface area is 193 Å². The molecule has 8 heteroatoms. The highest BCUT2D eigenvalue weighted by Gasteiger charge is 2.57. The zero-order chi connectivity index (χ0) is 22.9. The van der Waals surface area contributed by atoms with E-state index < -0.39 is 11.3 Å². The lowest BCUT2D eigenvalue weighted by atomic mass is 9.97. The Bertz CT molecular complexity index is 1110. The van der Waals surface area contributed by atoms with E-state index in [1.165, 1.54) is 0 Å². The molecule has 33 heavy (non-hydrogen) atoms. The summed E-state index contributed by atoms with van der Waals surface area (Å²) in [6.45, 7) is 2.65. The van der Waals surface area contributed by atoms with E-state index in [1.807, 2.05) is 29.2 Å². The van der Waals surface area contributed by atoms with Crippen molar-refractivity contribution in [3.8, 4) is 22.5 Å². The minimum absolute atomic E-state index is 0.158. The van der Waals surface area contributed by atoms with Crippen molar-refractivity contribution in [3.63, 3.8) is 0 Å². The van der Waals surface area contributed by atoms with Crippen LogP contribution in [0, 0.1) is 0 Å². The third-order valence-corrected chi connectivity index (χ3v) is 7.08. The maximum Gasteiger partial charge on any atom is 0.245 e. The largest absolute Gasteiger partial charge is 0.306 e. The Hall–Kier alpha value is -3.10. The van der Waals surface area contributed by atoms with Crippen LogP contribution in [-0.2, 0) is 11.3 Å². The zero-order valence-electron chi connectivity index (χ0n) is 19.1. The van der Waals surface area contributed by atoms with Gasteiger partial charge in [0.1, 0.15) is 11.3 Å². The lowest BCUT2D eigenvalue weighted by Gasteiger charge is -2.35. The van der Waals surface area contributed by atoms with E-state index in [9.17, 15) is 4.79 Å². The summed E-state index contributed by atoms with van der Waals surface area (Å²) in [5, 5.41) is 18.1. The molecule has 4 N–H and O–H groups in total. The van der Waals surface area contributed by atoms with Crippen LogP contribution < -0.4 is 11.1 Å². The van der Waals surface area contributed by atoms with Crippen molar-refractivity contribution < 1.29 is 4.79 Å². The predicted molar refractivity (Wildman–Crippen MR) is 126 cm³/mol. The Morgan fingerprint density at radius 3 is 2.45 bits per heavy atom. The molecule has 1 saturated heterocycles. The molecule has 2 aliphatic rings. The van der Waals surface area contributed by atoms with Gasteiger partial charge >= 0.3 is 0 Å². The van der Waals surface area contributed by atoms with Crippen molar-refractivity contribution in [1.29, 1.82) is 0 Å². The Balaban J connectivity index is 1.40. The summed E-state index contributed by atoms with van der Waals surface area (Å²) in [6.07, 6.45) is 6.68. The molecule has 172 valence electrons.